The average molecular weight is 398 g/mol. The molecule has 0 fully saturated rings. The number of nitrogens with zero attached hydrogens (tertiary/aromatic N) is 3. The molecule has 0 radical (unpaired) electrons. The Morgan fingerprint density at radius 2 is 1.96 bits per heavy atom. The van der Waals surface area contributed by atoms with Crippen LogP contribution in [-0.2, 0) is 13.0 Å². The van der Waals surface area contributed by atoms with Gasteiger partial charge in [0, 0.05) is 25.1 Å². The Morgan fingerprint density at radius 3 is 2.56 bits per heavy atom. The highest BCUT2D eigenvalue weighted by molar-refractivity contribution is 7.98. The van der Waals surface area contributed by atoms with Crippen molar-refractivity contribution in [1.29, 1.82) is 0 Å². The number of carbonyl (C=O) groups is 1. The van der Waals surface area contributed by atoms with Crippen LogP contribution in [0.4, 0.5) is 8.78 Å². The molecular weight excluding hydrogens is 374 g/mol. The molecule has 148 valence electrons. The predicted octanol–water partition coefficient (Wildman–Crippen LogP) is 3.62. The molecule has 1 N–H and O–H groups in total. The second-order valence-corrected chi connectivity index (χ2v) is 7.14. The zero-order valence-electron chi connectivity index (χ0n) is 15.6. The Morgan fingerprint density at radius 1 is 1.26 bits per heavy atom. The molecule has 1 aromatic carbocycles. The van der Waals surface area contributed by atoms with Crippen molar-refractivity contribution in [3.63, 3.8) is 0 Å². The van der Waals surface area contributed by atoms with Gasteiger partial charge in [-0.15, -0.1) is 10.2 Å². The van der Waals surface area contributed by atoms with E-state index in [9.17, 15) is 13.6 Å². The molecule has 0 bridgehead atoms. The van der Waals surface area contributed by atoms with Crippen molar-refractivity contribution in [2.75, 3.05) is 12.8 Å². The second kappa shape index (κ2) is 10.2. The van der Waals surface area contributed by atoms with Gasteiger partial charge in [0.05, 0.1) is 0 Å². The molecule has 2 aromatic rings. The van der Waals surface area contributed by atoms with Crippen LogP contribution < -0.4 is 10.1 Å². The molecule has 0 saturated carbocycles. The van der Waals surface area contributed by atoms with Crippen molar-refractivity contribution in [3.05, 3.63) is 35.7 Å². The van der Waals surface area contributed by atoms with Crippen LogP contribution in [0.3, 0.4) is 0 Å². The molecule has 2 rings (SSSR count). The Balaban J connectivity index is 1.83. The van der Waals surface area contributed by atoms with Crippen molar-refractivity contribution in [1.82, 2.24) is 20.1 Å². The molecule has 1 amide bonds. The van der Waals surface area contributed by atoms with Gasteiger partial charge in [-0.2, -0.15) is 8.78 Å². The van der Waals surface area contributed by atoms with Crippen molar-refractivity contribution in [3.8, 4) is 5.75 Å². The number of amides is 1. The van der Waals surface area contributed by atoms with E-state index < -0.39 is 6.61 Å². The quantitative estimate of drug-likeness (QED) is 0.489. The van der Waals surface area contributed by atoms with Gasteiger partial charge >= 0.3 is 6.61 Å². The molecule has 0 aliphatic carbocycles. The SMILES string of the molecule is CSc1nnc(CCCNC(=O)c2ccc(OC(F)F)cc2)n1CC(C)C. The first kappa shape index (κ1) is 21.1. The van der Waals surface area contributed by atoms with Crippen LogP contribution in [0.5, 0.6) is 5.75 Å². The second-order valence-electron chi connectivity index (χ2n) is 6.37. The molecule has 6 nitrogen and oxygen atoms in total. The van der Waals surface area contributed by atoms with Crippen molar-refractivity contribution < 1.29 is 18.3 Å². The van der Waals surface area contributed by atoms with Crippen LogP contribution in [0.2, 0.25) is 0 Å². The van der Waals surface area contributed by atoms with Crippen molar-refractivity contribution in [2.45, 2.75) is 45.0 Å². The Kier molecular flexibility index (Phi) is 8.02. The lowest BCUT2D eigenvalue weighted by atomic mass is 10.2. The number of aromatic nitrogens is 3. The van der Waals surface area contributed by atoms with Gasteiger partial charge in [-0.25, -0.2) is 0 Å². The first-order valence-electron chi connectivity index (χ1n) is 8.69. The summed E-state index contributed by atoms with van der Waals surface area (Å²) >= 11 is 1.57. The van der Waals surface area contributed by atoms with Gasteiger partial charge in [-0.1, -0.05) is 25.6 Å². The van der Waals surface area contributed by atoms with Crippen LogP contribution in [0.15, 0.2) is 29.4 Å². The molecule has 0 atom stereocenters. The van der Waals surface area contributed by atoms with E-state index in [1.807, 2.05) is 6.26 Å². The lowest BCUT2D eigenvalue weighted by Gasteiger charge is -2.12. The average Bonchev–Trinajstić information content (AvgIpc) is 2.99. The first-order chi connectivity index (χ1) is 12.9. The van der Waals surface area contributed by atoms with E-state index in [1.54, 1.807) is 11.8 Å². The van der Waals surface area contributed by atoms with Gasteiger partial charge in [0.25, 0.3) is 5.91 Å². The summed E-state index contributed by atoms with van der Waals surface area (Å²) in [5.41, 5.74) is 0.393. The number of hydrogen-bond donors (Lipinski definition) is 1. The lowest BCUT2D eigenvalue weighted by molar-refractivity contribution is -0.0498. The minimum Gasteiger partial charge on any atom is -0.435 e. The fourth-order valence-corrected chi connectivity index (χ4v) is 3.06. The smallest absolute Gasteiger partial charge is 0.387 e. The van der Waals surface area contributed by atoms with Gasteiger partial charge in [0.1, 0.15) is 11.6 Å². The zero-order chi connectivity index (χ0) is 19.8. The van der Waals surface area contributed by atoms with E-state index in [2.05, 4.69) is 38.7 Å². The van der Waals surface area contributed by atoms with Crippen LogP contribution in [-0.4, -0.2) is 40.1 Å². The minimum atomic E-state index is -2.88. The number of rotatable bonds is 10. The summed E-state index contributed by atoms with van der Waals surface area (Å²) in [4.78, 5) is 12.1. The van der Waals surface area contributed by atoms with E-state index in [4.69, 9.17) is 0 Å². The third-order valence-corrected chi connectivity index (χ3v) is 4.40. The molecule has 0 aliphatic rings. The molecule has 0 unspecified atom stereocenters. The molecule has 0 spiro atoms. The largest absolute Gasteiger partial charge is 0.435 e. The minimum absolute atomic E-state index is 0.0237. The van der Waals surface area contributed by atoms with Gasteiger partial charge in [-0.05, 0) is 42.9 Å². The Bertz CT molecular complexity index is 735. The monoisotopic (exact) mass is 398 g/mol. The molecule has 0 aliphatic heterocycles. The van der Waals surface area contributed by atoms with Crippen molar-refractivity contribution >= 4 is 17.7 Å². The van der Waals surface area contributed by atoms with E-state index in [0.29, 0.717) is 24.4 Å². The van der Waals surface area contributed by atoms with Gasteiger partial charge in [0.2, 0.25) is 0 Å². The number of nitrogens with one attached hydrogen (secondary N) is 1. The molecule has 1 aromatic heterocycles. The highest BCUT2D eigenvalue weighted by Gasteiger charge is 2.13. The van der Waals surface area contributed by atoms with Gasteiger partial charge in [-0.3, -0.25) is 4.79 Å². The number of ether oxygens (including phenoxy) is 1. The topological polar surface area (TPSA) is 69.0 Å². The van der Waals surface area contributed by atoms with E-state index in [0.717, 1.165) is 23.9 Å². The lowest BCUT2D eigenvalue weighted by Crippen LogP contribution is -2.25. The normalized spacial score (nSPS) is 11.2. The molecular formula is C18H24F2N4O2S. The number of alkyl halides is 2. The summed E-state index contributed by atoms with van der Waals surface area (Å²) in [6.07, 6.45) is 3.41. The summed E-state index contributed by atoms with van der Waals surface area (Å²) < 4.78 is 30.7. The molecule has 9 heteroatoms. The number of aryl methyl sites for hydroxylation is 1. The predicted molar refractivity (Wildman–Crippen MR) is 100 cm³/mol. The summed E-state index contributed by atoms with van der Waals surface area (Å²) in [6.45, 7) is 2.75. The summed E-state index contributed by atoms with van der Waals surface area (Å²) in [5, 5.41) is 12.2. The third kappa shape index (κ3) is 6.50. The summed E-state index contributed by atoms with van der Waals surface area (Å²) in [5.74, 6) is 1.17. The first-order valence-corrected chi connectivity index (χ1v) is 9.92. The number of hydrogen-bond acceptors (Lipinski definition) is 5. The Hall–Kier alpha value is -2.16. The van der Waals surface area contributed by atoms with Crippen molar-refractivity contribution in [2.24, 2.45) is 5.92 Å². The maximum absolute atomic E-state index is 12.1. The van der Waals surface area contributed by atoms with Crippen LogP contribution in [0.25, 0.3) is 0 Å². The summed E-state index contributed by atoms with van der Waals surface area (Å²) in [6, 6.07) is 5.60. The zero-order valence-corrected chi connectivity index (χ0v) is 16.4. The maximum Gasteiger partial charge on any atom is 0.387 e. The molecule has 1 heterocycles. The number of carbonyl (C=O) groups excluding carboxylic acids is 1. The number of benzene rings is 1. The fraction of sp³-hybridized carbons (Fsp3) is 0.500. The third-order valence-electron chi connectivity index (χ3n) is 3.73. The summed E-state index contributed by atoms with van der Waals surface area (Å²) in [7, 11) is 0. The highest BCUT2D eigenvalue weighted by atomic mass is 32.2. The standard InChI is InChI=1S/C18H24F2N4O2S/c1-12(2)11-24-15(22-23-18(24)27-3)5-4-10-21-16(25)13-6-8-14(9-7-13)26-17(19)20/h6-9,12,17H,4-5,10-11H2,1-3H3,(H,21,25). The maximum atomic E-state index is 12.1. The number of halogens is 2. The Labute approximate surface area is 161 Å². The van der Waals surface area contributed by atoms with E-state index in [-0.39, 0.29) is 11.7 Å². The van der Waals surface area contributed by atoms with Crippen LogP contribution >= 0.6 is 11.8 Å². The molecule has 0 saturated heterocycles. The van der Waals surface area contributed by atoms with Gasteiger partial charge < -0.3 is 14.6 Å². The fourth-order valence-electron chi connectivity index (χ4n) is 2.54. The van der Waals surface area contributed by atoms with E-state index in [1.165, 1.54) is 24.3 Å². The molecule has 27 heavy (non-hydrogen) atoms. The highest BCUT2D eigenvalue weighted by Crippen LogP contribution is 2.17. The van der Waals surface area contributed by atoms with E-state index >= 15 is 0 Å². The van der Waals surface area contributed by atoms with Crippen LogP contribution in [0, 0.1) is 5.92 Å². The van der Waals surface area contributed by atoms with Crippen LogP contribution in [0.1, 0.15) is 36.5 Å². The van der Waals surface area contributed by atoms with Gasteiger partial charge in [0.15, 0.2) is 5.16 Å². The number of thioether (sulfide) groups is 1.